The van der Waals surface area contributed by atoms with E-state index in [1.165, 1.54) is 6.26 Å². The molecule has 1 aromatic rings. The van der Waals surface area contributed by atoms with Crippen molar-refractivity contribution in [3.8, 4) is 11.5 Å². The number of aliphatic carboxylic acids is 1. The van der Waals surface area contributed by atoms with Crippen molar-refractivity contribution in [2.45, 2.75) is 58.6 Å². The minimum atomic E-state index is -3.04. The summed E-state index contributed by atoms with van der Waals surface area (Å²) in [5, 5.41) is 19.4. The molecule has 0 aliphatic heterocycles. The number of carboxylic acids is 1. The zero-order valence-electron chi connectivity index (χ0n) is 19.8. The van der Waals surface area contributed by atoms with Crippen molar-refractivity contribution < 1.29 is 32.9 Å². The normalized spacial score (nSPS) is 15.8. The number of hydrogen-bond acceptors (Lipinski definition) is 7. The van der Waals surface area contributed by atoms with E-state index in [-0.39, 0.29) is 24.7 Å². The van der Waals surface area contributed by atoms with Crippen molar-refractivity contribution in [3.05, 3.63) is 23.8 Å². The van der Waals surface area contributed by atoms with Crippen LogP contribution in [0, 0.1) is 17.8 Å². The summed E-state index contributed by atoms with van der Waals surface area (Å²) in [6.07, 6.45) is 2.09. The Morgan fingerprint density at radius 2 is 1.81 bits per heavy atom. The number of nitrogens with two attached hydrogens (primary N) is 1. The summed E-state index contributed by atoms with van der Waals surface area (Å²) in [6, 6.07) is 5.14. The maximum atomic E-state index is 11.3. The van der Waals surface area contributed by atoms with Gasteiger partial charge in [-0.15, -0.1) is 0 Å². The summed E-state index contributed by atoms with van der Waals surface area (Å²) in [7, 11) is -1.49. The van der Waals surface area contributed by atoms with Gasteiger partial charge in [0, 0.05) is 12.3 Å². The molecule has 0 saturated heterocycles. The lowest BCUT2D eigenvalue weighted by Gasteiger charge is -2.28. The molecule has 0 spiro atoms. The van der Waals surface area contributed by atoms with E-state index in [0.717, 1.165) is 5.56 Å². The Balaban J connectivity index is 2.83. The van der Waals surface area contributed by atoms with Gasteiger partial charge in [0.2, 0.25) is 0 Å². The molecular weight excluding hydrogens is 434 g/mol. The first kappa shape index (κ1) is 28.2. The van der Waals surface area contributed by atoms with Gasteiger partial charge in [0.25, 0.3) is 0 Å². The summed E-state index contributed by atoms with van der Waals surface area (Å²) in [6.45, 7) is 6.01. The van der Waals surface area contributed by atoms with Gasteiger partial charge < -0.3 is 25.4 Å². The number of carbonyl (C=O) groups is 1. The fourth-order valence-electron chi connectivity index (χ4n) is 3.50. The third-order valence-electron chi connectivity index (χ3n) is 5.67. The molecule has 1 rings (SSSR count). The second kappa shape index (κ2) is 13.0. The summed E-state index contributed by atoms with van der Waals surface area (Å²) in [5.74, 6) is 0.0595. The van der Waals surface area contributed by atoms with Crippen molar-refractivity contribution in [1.29, 1.82) is 0 Å². The number of benzene rings is 1. The highest BCUT2D eigenvalue weighted by atomic mass is 32.2. The van der Waals surface area contributed by atoms with Crippen LogP contribution in [-0.2, 0) is 21.1 Å². The molecule has 0 aliphatic carbocycles. The molecule has 184 valence electrons. The predicted molar refractivity (Wildman–Crippen MR) is 125 cm³/mol. The van der Waals surface area contributed by atoms with E-state index in [9.17, 15) is 18.3 Å². The number of ether oxygens (including phenoxy) is 2. The molecule has 4 N–H and O–H groups in total. The average molecular weight is 474 g/mol. The van der Waals surface area contributed by atoms with Crippen LogP contribution in [0.4, 0.5) is 0 Å². The molecule has 4 atom stereocenters. The largest absolute Gasteiger partial charge is 0.493 e. The molecule has 8 nitrogen and oxygen atoms in total. The van der Waals surface area contributed by atoms with E-state index in [2.05, 4.69) is 13.8 Å². The Kier molecular flexibility index (Phi) is 11.5. The number of carboxylic acid groups (broad SMARTS) is 1. The maximum absolute atomic E-state index is 11.3. The van der Waals surface area contributed by atoms with Crippen LogP contribution in [0.25, 0.3) is 0 Å². The highest BCUT2D eigenvalue weighted by molar-refractivity contribution is 7.90. The van der Waals surface area contributed by atoms with Gasteiger partial charge in [-0.25, -0.2) is 8.42 Å². The van der Waals surface area contributed by atoms with Crippen molar-refractivity contribution >= 4 is 15.8 Å². The SMILES string of the molecule is COc1ccc(C[C@@H](C[C@H](N)[C@@H](O)C[C@@H](C)C(=O)O)C(C)C)cc1OCCCS(C)(=O)=O. The van der Waals surface area contributed by atoms with E-state index in [4.69, 9.17) is 20.3 Å². The summed E-state index contributed by atoms with van der Waals surface area (Å²) in [4.78, 5) is 11.1. The molecule has 0 fully saturated rings. The minimum Gasteiger partial charge on any atom is -0.493 e. The summed E-state index contributed by atoms with van der Waals surface area (Å²) < 4.78 is 33.7. The Morgan fingerprint density at radius 3 is 2.34 bits per heavy atom. The highest BCUT2D eigenvalue weighted by Gasteiger charge is 2.26. The third-order valence-corrected chi connectivity index (χ3v) is 6.70. The van der Waals surface area contributed by atoms with Crippen LogP contribution in [0.2, 0.25) is 0 Å². The van der Waals surface area contributed by atoms with Crippen molar-refractivity contribution in [2.75, 3.05) is 25.7 Å². The van der Waals surface area contributed by atoms with Gasteiger partial charge in [-0.05, 0) is 55.2 Å². The maximum Gasteiger partial charge on any atom is 0.306 e. The molecule has 9 heteroatoms. The van der Waals surface area contributed by atoms with Crippen LogP contribution in [0.1, 0.15) is 45.6 Å². The van der Waals surface area contributed by atoms with Gasteiger partial charge in [-0.3, -0.25) is 4.79 Å². The van der Waals surface area contributed by atoms with Gasteiger partial charge in [0.1, 0.15) is 9.84 Å². The van der Waals surface area contributed by atoms with Crippen molar-refractivity contribution in [1.82, 2.24) is 0 Å². The molecule has 0 radical (unpaired) electrons. The molecule has 0 unspecified atom stereocenters. The predicted octanol–water partition coefficient (Wildman–Crippen LogP) is 2.51. The Hall–Kier alpha value is -1.84. The van der Waals surface area contributed by atoms with E-state index in [1.807, 2.05) is 18.2 Å². The van der Waals surface area contributed by atoms with Crippen molar-refractivity contribution in [2.24, 2.45) is 23.5 Å². The Bertz CT molecular complexity index is 826. The Labute approximate surface area is 192 Å². The summed E-state index contributed by atoms with van der Waals surface area (Å²) >= 11 is 0. The first-order valence-electron chi connectivity index (χ1n) is 11.0. The van der Waals surface area contributed by atoms with E-state index in [1.54, 1.807) is 14.0 Å². The average Bonchev–Trinajstić information content (AvgIpc) is 2.69. The quantitative estimate of drug-likeness (QED) is 0.331. The first-order chi connectivity index (χ1) is 14.8. The summed E-state index contributed by atoms with van der Waals surface area (Å²) in [5.41, 5.74) is 7.23. The molecule has 0 saturated carbocycles. The van der Waals surface area contributed by atoms with E-state index in [0.29, 0.717) is 36.7 Å². The first-order valence-corrected chi connectivity index (χ1v) is 13.0. The molecule has 0 amide bonds. The van der Waals surface area contributed by atoms with Gasteiger partial charge in [-0.1, -0.05) is 26.8 Å². The van der Waals surface area contributed by atoms with E-state index < -0.39 is 33.9 Å². The topological polar surface area (TPSA) is 136 Å². The van der Waals surface area contributed by atoms with Gasteiger partial charge in [0.15, 0.2) is 11.5 Å². The molecule has 0 heterocycles. The number of rotatable bonds is 15. The second-order valence-electron chi connectivity index (χ2n) is 8.97. The lowest BCUT2D eigenvalue weighted by atomic mass is 9.82. The van der Waals surface area contributed by atoms with Crippen molar-refractivity contribution in [3.63, 3.8) is 0 Å². The zero-order chi connectivity index (χ0) is 24.5. The highest BCUT2D eigenvalue weighted by Crippen LogP contribution is 2.31. The van der Waals surface area contributed by atoms with Crippen LogP contribution in [0.5, 0.6) is 11.5 Å². The molecular formula is C23H39NO7S. The fraction of sp³-hybridized carbons (Fsp3) is 0.696. The number of aliphatic hydroxyl groups excluding tert-OH is 1. The van der Waals surface area contributed by atoms with Gasteiger partial charge >= 0.3 is 5.97 Å². The molecule has 32 heavy (non-hydrogen) atoms. The molecule has 0 aromatic heterocycles. The number of methoxy groups -OCH3 is 1. The van der Waals surface area contributed by atoms with Crippen LogP contribution < -0.4 is 15.2 Å². The monoisotopic (exact) mass is 473 g/mol. The van der Waals surface area contributed by atoms with Crippen LogP contribution in [-0.4, -0.2) is 62.5 Å². The second-order valence-corrected chi connectivity index (χ2v) is 11.2. The molecule has 0 aliphatic rings. The van der Waals surface area contributed by atoms with E-state index >= 15 is 0 Å². The van der Waals surface area contributed by atoms with Gasteiger partial charge in [0.05, 0.1) is 31.5 Å². The fourth-order valence-corrected chi connectivity index (χ4v) is 4.14. The van der Waals surface area contributed by atoms with Crippen LogP contribution >= 0.6 is 0 Å². The zero-order valence-corrected chi connectivity index (χ0v) is 20.6. The van der Waals surface area contributed by atoms with Crippen LogP contribution in [0.3, 0.4) is 0 Å². The minimum absolute atomic E-state index is 0.0607. The lowest BCUT2D eigenvalue weighted by molar-refractivity contribution is -0.142. The standard InChI is InChI=1S/C23H39NO7S/c1-15(2)18(14-19(24)20(25)11-16(3)23(26)27)12-17-7-8-21(30-4)22(13-17)31-9-6-10-32(5,28)29/h7-8,13,15-16,18-20,25H,6,9-12,14,24H2,1-5H3,(H,26,27)/t16-,18+,19+,20+/m1/s1. The lowest BCUT2D eigenvalue weighted by Crippen LogP contribution is -2.39. The number of hydrogen-bond donors (Lipinski definition) is 3. The molecule has 1 aromatic carbocycles. The third kappa shape index (κ3) is 10.2. The number of sulfone groups is 1. The number of aliphatic hydroxyl groups is 1. The van der Waals surface area contributed by atoms with Gasteiger partial charge in [-0.2, -0.15) is 0 Å². The smallest absolute Gasteiger partial charge is 0.306 e. The molecule has 0 bridgehead atoms. The Morgan fingerprint density at radius 1 is 1.16 bits per heavy atom. The van der Waals surface area contributed by atoms with Crippen LogP contribution in [0.15, 0.2) is 18.2 Å².